The number of hydrogen-bond donors (Lipinski definition) is 3. The number of methoxy groups -OCH3 is 1. The highest BCUT2D eigenvalue weighted by Gasteiger charge is 2.22. The molecule has 0 heterocycles. The third-order valence-corrected chi connectivity index (χ3v) is 6.97. The SMILES string of the molecule is CNCOc1c2cc(cc1OC1CCCC1)CCC(O)CC(=O)CCc1ccc(O)c(OC)c1C#CC2. The molecule has 0 spiro atoms. The largest absolute Gasteiger partial charge is 0.504 e. The molecular formula is C30H37NO6. The van der Waals surface area contributed by atoms with Crippen molar-refractivity contribution < 1.29 is 29.2 Å². The lowest BCUT2D eigenvalue weighted by atomic mass is 9.97. The second-order valence-electron chi connectivity index (χ2n) is 9.81. The predicted octanol–water partition coefficient (Wildman–Crippen LogP) is 4.07. The van der Waals surface area contributed by atoms with Gasteiger partial charge in [0.25, 0.3) is 0 Å². The molecule has 1 fully saturated rings. The number of ether oxygens (including phenoxy) is 3. The summed E-state index contributed by atoms with van der Waals surface area (Å²) in [6, 6.07) is 7.39. The maximum Gasteiger partial charge on any atom is 0.176 e. The average Bonchev–Trinajstić information content (AvgIpc) is 3.39. The van der Waals surface area contributed by atoms with E-state index in [1.54, 1.807) is 12.1 Å². The van der Waals surface area contributed by atoms with Crippen molar-refractivity contribution in [1.82, 2.24) is 5.32 Å². The first kappa shape index (κ1) is 26.8. The van der Waals surface area contributed by atoms with Gasteiger partial charge < -0.3 is 24.4 Å². The van der Waals surface area contributed by atoms with E-state index in [0.717, 1.165) is 42.4 Å². The van der Waals surface area contributed by atoms with Gasteiger partial charge in [-0.3, -0.25) is 10.1 Å². The topological polar surface area (TPSA) is 97.2 Å². The predicted molar refractivity (Wildman–Crippen MR) is 141 cm³/mol. The zero-order chi connectivity index (χ0) is 26.2. The van der Waals surface area contributed by atoms with Crippen molar-refractivity contribution in [3.05, 3.63) is 46.5 Å². The number of ketones is 1. The van der Waals surface area contributed by atoms with Gasteiger partial charge in [-0.2, -0.15) is 0 Å². The van der Waals surface area contributed by atoms with E-state index in [2.05, 4.69) is 23.2 Å². The molecule has 0 aromatic heterocycles. The lowest BCUT2D eigenvalue weighted by Crippen LogP contribution is -2.18. The van der Waals surface area contributed by atoms with Gasteiger partial charge in [0.15, 0.2) is 23.0 Å². The maximum absolute atomic E-state index is 12.6. The smallest absolute Gasteiger partial charge is 0.176 e. The number of hydrogen-bond acceptors (Lipinski definition) is 7. The molecule has 0 saturated heterocycles. The highest BCUT2D eigenvalue weighted by molar-refractivity contribution is 5.79. The number of Topliss-reactive ketones (excluding diaryl/α,β-unsaturated/α-hetero) is 1. The fourth-order valence-corrected chi connectivity index (χ4v) is 5.05. The van der Waals surface area contributed by atoms with E-state index >= 15 is 0 Å². The van der Waals surface area contributed by atoms with Crippen molar-refractivity contribution in [1.29, 1.82) is 0 Å². The molecule has 3 N–H and O–H groups in total. The van der Waals surface area contributed by atoms with Gasteiger partial charge in [-0.1, -0.05) is 24.0 Å². The van der Waals surface area contributed by atoms with Crippen LogP contribution in [-0.2, 0) is 24.1 Å². The molecule has 0 radical (unpaired) electrons. The Balaban J connectivity index is 1.78. The summed E-state index contributed by atoms with van der Waals surface area (Å²) in [5, 5.41) is 24.0. The quantitative estimate of drug-likeness (QED) is 0.401. The van der Waals surface area contributed by atoms with Crippen LogP contribution in [0.15, 0.2) is 24.3 Å². The highest BCUT2D eigenvalue weighted by atomic mass is 16.5. The average molecular weight is 508 g/mol. The third kappa shape index (κ3) is 6.97. The van der Waals surface area contributed by atoms with Crippen LogP contribution in [0, 0.1) is 11.8 Å². The fourth-order valence-electron chi connectivity index (χ4n) is 5.05. The Morgan fingerprint density at radius 3 is 2.62 bits per heavy atom. The molecule has 1 saturated carbocycles. The van der Waals surface area contributed by atoms with Gasteiger partial charge in [-0.25, -0.2) is 0 Å². The van der Waals surface area contributed by atoms with Crippen LogP contribution in [0.3, 0.4) is 0 Å². The van der Waals surface area contributed by atoms with Crippen molar-refractivity contribution >= 4 is 5.78 Å². The van der Waals surface area contributed by atoms with Crippen molar-refractivity contribution in [2.75, 3.05) is 20.9 Å². The highest BCUT2D eigenvalue weighted by Crippen LogP contribution is 2.37. The van der Waals surface area contributed by atoms with Crippen molar-refractivity contribution in [3.8, 4) is 34.8 Å². The number of carbonyl (C=O) groups excluding carboxylic acids is 1. The van der Waals surface area contributed by atoms with Gasteiger partial charge in [0, 0.05) is 24.8 Å². The van der Waals surface area contributed by atoms with Crippen LogP contribution in [-0.4, -0.2) is 49.1 Å². The Kier molecular flexibility index (Phi) is 9.32. The number of nitrogens with one attached hydrogen (secondary N) is 1. The minimum atomic E-state index is -0.717. The van der Waals surface area contributed by atoms with E-state index in [9.17, 15) is 15.0 Å². The van der Waals surface area contributed by atoms with Gasteiger partial charge in [-0.05, 0) is 75.3 Å². The van der Waals surface area contributed by atoms with Crippen molar-refractivity contribution in [2.45, 2.75) is 76.4 Å². The standard InChI is InChI=1S/C30H37NO6/c1-31-19-36-29-22-6-5-9-26-21(12-15-27(34)30(26)35-2)11-14-24(33)18-23(32)13-10-20(16-22)17-28(29)37-25-7-3-4-8-25/h12,15-17,23,25,31-32,34H,3-4,6-8,10-11,13-14,18-19H2,1-2H3. The molecule has 7 heteroatoms. The van der Waals surface area contributed by atoms with E-state index in [4.69, 9.17) is 14.2 Å². The molecule has 2 aromatic carbocycles. The summed E-state index contributed by atoms with van der Waals surface area (Å²) in [7, 11) is 3.32. The number of phenolic OH excluding ortho intramolecular Hbond substituents is 1. The molecule has 2 aliphatic rings. The number of carbonyl (C=O) groups is 1. The van der Waals surface area contributed by atoms with Gasteiger partial charge in [0.05, 0.1) is 24.9 Å². The second kappa shape index (κ2) is 12.8. The molecule has 7 nitrogen and oxygen atoms in total. The zero-order valence-electron chi connectivity index (χ0n) is 21.8. The zero-order valence-corrected chi connectivity index (χ0v) is 21.8. The fraction of sp³-hybridized carbons (Fsp3) is 0.500. The number of aromatic hydroxyl groups is 1. The summed E-state index contributed by atoms with van der Waals surface area (Å²) in [4.78, 5) is 12.6. The van der Waals surface area contributed by atoms with Gasteiger partial charge in [-0.15, -0.1) is 0 Å². The molecule has 4 rings (SSSR count). The molecule has 1 unspecified atom stereocenters. The van der Waals surface area contributed by atoms with Crippen LogP contribution in [0.5, 0.6) is 23.0 Å². The van der Waals surface area contributed by atoms with E-state index in [1.165, 1.54) is 7.11 Å². The Bertz CT molecular complexity index is 1160. The monoisotopic (exact) mass is 507 g/mol. The number of aliphatic hydroxyl groups is 1. The van der Waals surface area contributed by atoms with Crippen LogP contribution in [0.2, 0.25) is 0 Å². The number of benzene rings is 2. The normalized spacial score (nSPS) is 18.7. The lowest BCUT2D eigenvalue weighted by Gasteiger charge is -2.21. The van der Waals surface area contributed by atoms with E-state index in [-0.39, 0.29) is 30.5 Å². The van der Waals surface area contributed by atoms with Gasteiger partial charge >= 0.3 is 0 Å². The Hall–Kier alpha value is -3.21. The third-order valence-electron chi connectivity index (χ3n) is 6.97. The summed E-state index contributed by atoms with van der Waals surface area (Å²) in [5.74, 6) is 8.10. The molecular weight excluding hydrogens is 470 g/mol. The van der Waals surface area contributed by atoms with E-state index in [0.29, 0.717) is 55.2 Å². The first-order valence-electron chi connectivity index (χ1n) is 13.2. The molecule has 198 valence electrons. The molecule has 37 heavy (non-hydrogen) atoms. The van der Waals surface area contributed by atoms with Gasteiger partial charge in [0.2, 0.25) is 0 Å². The summed E-state index contributed by atoms with van der Waals surface area (Å²) < 4.78 is 18.0. The second-order valence-corrected chi connectivity index (χ2v) is 9.81. The van der Waals surface area contributed by atoms with Crippen LogP contribution < -0.4 is 19.5 Å². The molecule has 2 bridgehead atoms. The number of aliphatic hydroxyl groups excluding tert-OH is 1. The summed E-state index contributed by atoms with van der Waals surface area (Å²) in [6.45, 7) is 0.326. The van der Waals surface area contributed by atoms with Gasteiger partial charge in [0.1, 0.15) is 12.5 Å². The lowest BCUT2D eigenvalue weighted by molar-refractivity contribution is -0.121. The van der Waals surface area contributed by atoms with Crippen LogP contribution >= 0.6 is 0 Å². The number of rotatable bonds is 6. The molecule has 0 amide bonds. The van der Waals surface area contributed by atoms with Crippen molar-refractivity contribution in [3.63, 3.8) is 0 Å². The summed E-state index contributed by atoms with van der Waals surface area (Å²) >= 11 is 0. The van der Waals surface area contributed by atoms with Crippen LogP contribution in [0.25, 0.3) is 0 Å². The Morgan fingerprint density at radius 1 is 1.05 bits per heavy atom. The maximum atomic E-state index is 12.6. The van der Waals surface area contributed by atoms with E-state index in [1.807, 2.05) is 13.1 Å². The summed E-state index contributed by atoms with van der Waals surface area (Å²) in [5.41, 5.74) is 3.31. The van der Waals surface area contributed by atoms with Crippen molar-refractivity contribution in [2.24, 2.45) is 0 Å². The molecule has 1 atom stereocenters. The molecule has 2 aromatic rings. The molecule has 2 aliphatic carbocycles. The first-order chi connectivity index (χ1) is 18.0. The first-order valence-corrected chi connectivity index (χ1v) is 13.2. The number of aryl methyl sites for hydroxylation is 2. The Morgan fingerprint density at radius 2 is 1.86 bits per heavy atom. The van der Waals surface area contributed by atoms with Crippen LogP contribution in [0.4, 0.5) is 0 Å². The minimum absolute atomic E-state index is 0.00232. The Labute approximate surface area is 219 Å². The molecule has 0 aliphatic heterocycles. The summed E-state index contributed by atoms with van der Waals surface area (Å²) in [6.07, 6.45) is 6.13. The number of phenols is 1. The van der Waals surface area contributed by atoms with E-state index < -0.39 is 6.10 Å². The van der Waals surface area contributed by atoms with Crippen LogP contribution in [0.1, 0.15) is 67.2 Å². The minimum Gasteiger partial charge on any atom is -0.504 e. The number of fused-ring (bicyclic) bond motifs is 3.